The monoisotopic (exact) mass is 359 g/mol. The van der Waals surface area contributed by atoms with E-state index in [1.165, 1.54) is 12.8 Å². The van der Waals surface area contributed by atoms with Gasteiger partial charge >= 0.3 is 0 Å². The summed E-state index contributed by atoms with van der Waals surface area (Å²) >= 11 is 0. The van der Waals surface area contributed by atoms with Crippen molar-refractivity contribution in [2.24, 2.45) is 5.92 Å². The van der Waals surface area contributed by atoms with Crippen molar-refractivity contribution in [2.75, 3.05) is 44.6 Å². The highest BCUT2D eigenvalue weighted by Crippen LogP contribution is 2.40. The zero-order chi connectivity index (χ0) is 18.5. The van der Waals surface area contributed by atoms with Crippen LogP contribution in [0.2, 0.25) is 0 Å². The predicted octanol–water partition coefficient (Wildman–Crippen LogP) is 2.88. The quantitative estimate of drug-likeness (QED) is 0.843. The number of hydrogen-bond donors (Lipinski definition) is 1. The highest BCUT2D eigenvalue weighted by Gasteiger charge is 2.18. The zero-order valence-electron chi connectivity index (χ0n) is 15.7. The lowest BCUT2D eigenvalue weighted by atomic mass is 9.99. The molecule has 2 heterocycles. The van der Waals surface area contributed by atoms with Crippen LogP contribution in [-0.2, 0) is 0 Å². The Kier molecular flexibility index (Phi) is 5.60. The average Bonchev–Trinajstić information content (AvgIpc) is 2.68. The Morgan fingerprint density at radius 3 is 2.27 bits per heavy atom. The number of ether oxygens (including phenoxy) is 3. The summed E-state index contributed by atoms with van der Waals surface area (Å²) in [6.45, 7) is 4.26. The second kappa shape index (κ2) is 8.07. The van der Waals surface area contributed by atoms with E-state index in [9.17, 15) is 0 Å². The standard InChI is InChI=1S/C18H25N5O3/c1-12-5-7-23(8-6-12)16-11-19-22-18(21-16)20-13-9-14(24-2)17(26-4)15(10-13)25-3/h9-12H,5-8H2,1-4H3,(H,20,21,22). The second-order valence-corrected chi connectivity index (χ2v) is 6.35. The van der Waals surface area contributed by atoms with Gasteiger partial charge in [0.1, 0.15) is 0 Å². The van der Waals surface area contributed by atoms with Crippen molar-refractivity contribution in [3.63, 3.8) is 0 Å². The first-order valence-corrected chi connectivity index (χ1v) is 8.66. The molecule has 8 nitrogen and oxygen atoms in total. The lowest BCUT2D eigenvalue weighted by Gasteiger charge is -2.30. The van der Waals surface area contributed by atoms with Gasteiger partial charge in [0.05, 0.1) is 27.5 Å². The molecule has 8 heteroatoms. The van der Waals surface area contributed by atoms with Gasteiger partial charge in [-0.3, -0.25) is 0 Å². The average molecular weight is 359 g/mol. The van der Waals surface area contributed by atoms with E-state index in [0.29, 0.717) is 23.2 Å². The molecule has 1 saturated heterocycles. The molecular weight excluding hydrogens is 334 g/mol. The number of nitrogens with one attached hydrogen (secondary N) is 1. The summed E-state index contributed by atoms with van der Waals surface area (Å²) < 4.78 is 16.1. The number of aromatic nitrogens is 3. The number of nitrogens with zero attached hydrogens (tertiary/aromatic N) is 4. The molecule has 0 amide bonds. The Hall–Kier alpha value is -2.77. The van der Waals surface area contributed by atoms with Crippen LogP contribution in [0.3, 0.4) is 0 Å². The third-order valence-corrected chi connectivity index (χ3v) is 4.57. The van der Waals surface area contributed by atoms with Gasteiger partial charge in [-0.05, 0) is 18.8 Å². The number of hydrogen-bond acceptors (Lipinski definition) is 8. The molecule has 1 aromatic carbocycles. The van der Waals surface area contributed by atoms with Gasteiger partial charge in [-0.1, -0.05) is 6.92 Å². The smallest absolute Gasteiger partial charge is 0.249 e. The van der Waals surface area contributed by atoms with Gasteiger partial charge in [-0.2, -0.15) is 10.1 Å². The molecule has 0 bridgehead atoms. The number of anilines is 3. The van der Waals surface area contributed by atoms with Gasteiger partial charge in [0.15, 0.2) is 17.3 Å². The number of methoxy groups -OCH3 is 3. The summed E-state index contributed by atoms with van der Waals surface area (Å²) in [5.74, 6) is 3.68. The lowest BCUT2D eigenvalue weighted by Crippen LogP contribution is -2.33. The minimum atomic E-state index is 0.426. The van der Waals surface area contributed by atoms with Gasteiger partial charge in [0.2, 0.25) is 11.7 Å². The molecule has 2 aromatic rings. The molecule has 26 heavy (non-hydrogen) atoms. The summed E-state index contributed by atoms with van der Waals surface area (Å²) in [4.78, 5) is 6.84. The first-order chi connectivity index (χ1) is 12.6. The van der Waals surface area contributed by atoms with Crippen molar-refractivity contribution >= 4 is 17.5 Å². The summed E-state index contributed by atoms with van der Waals surface area (Å²) in [6, 6.07) is 3.61. The predicted molar refractivity (Wildman–Crippen MR) is 99.8 cm³/mol. The summed E-state index contributed by atoms with van der Waals surface area (Å²) in [5.41, 5.74) is 0.728. The Morgan fingerprint density at radius 2 is 1.69 bits per heavy atom. The van der Waals surface area contributed by atoms with Crippen LogP contribution in [0.4, 0.5) is 17.5 Å². The number of benzene rings is 1. The van der Waals surface area contributed by atoms with Gasteiger partial charge in [0, 0.05) is 30.9 Å². The molecular formula is C18H25N5O3. The van der Waals surface area contributed by atoms with E-state index in [0.717, 1.165) is 30.5 Å². The largest absolute Gasteiger partial charge is 0.493 e. The minimum Gasteiger partial charge on any atom is -0.493 e. The van der Waals surface area contributed by atoms with Crippen LogP contribution in [0.1, 0.15) is 19.8 Å². The maximum absolute atomic E-state index is 5.38. The molecule has 1 aliphatic heterocycles. The van der Waals surface area contributed by atoms with Gasteiger partial charge in [0.25, 0.3) is 0 Å². The van der Waals surface area contributed by atoms with Crippen molar-refractivity contribution in [3.05, 3.63) is 18.3 Å². The van der Waals surface area contributed by atoms with E-state index in [4.69, 9.17) is 14.2 Å². The molecule has 0 radical (unpaired) electrons. The molecule has 1 fully saturated rings. The van der Waals surface area contributed by atoms with Crippen LogP contribution in [0.5, 0.6) is 17.2 Å². The second-order valence-electron chi connectivity index (χ2n) is 6.35. The van der Waals surface area contributed by atoms with Crippen LogP contribution < -0.4 is 24.4 Å². The van der Waals surface area contributed by atoms with Crippen LogP contribution in [0.15, 0.2) is 18.3 Å². The molecule has 3 rings (SSSR count). The van der Waals surface area contributed by atoms with E-state index in [1.807, 2.05) is 0 Å². The van der Waals surface area contributed by atoms with Crippen molar-refractivity contribution in [3.8, 4) is 17.2 Å². The highest BCUT2D eigenvalue weighted by molar-refractivity contribution is 5.65. The summed E-state index contributed by atoms with van der Waals surface area (Å²) in [7, 11) is 4.73. The maximum Gasteiger partial charge on any atom is 0.249 e. The molecule has 0 atom stereocenters. The van der Waals surface area contributed by atoms with Crippen LogP contribution in [0.25, 0.3) is 0 Å². The fraction of sp³-hybridized carbons (Fsp3) is 0.500. The third-order valence-electron chi connectivity index (χ3n) is 4.57. The van der Waals surface area contributed by atoms with Crippen LogP contribution in [-0.4, -0.2) is 49.6 Å². The molecule has 0 aliphatic carbocycles. The number of piperidine rings is 1. The molecule has 140 valence electrons. The molecule has 1 aliphatic rings. The van der Waals surface area contributed by atoms with Crippen molar-refractivity contribution < 1.29 is 14.2 Å². The normalized spacial score (nSPS) is 14.8. The van der Waals surface area contributed by atoms with Gasteiger partial charge in [-0.15, -0.1) is 5.10 Å². The Balaban J connectivity index is 1.82. The van der Waals surface area contributed by atoms with Gasteiger partial charge < -0.3 is 24.4 Å². The van der Waals surface area contributed by atoms with Crippen molar-refractivity contribution in [2.45, 2.75) is 19.8 Å². The summed E-state index contributed by atoms with van der Waals surface area (Å²) in [5, 5.41) is 11.3. The molecule has 0 spiro atoms. The molecule has 1 aromatic heterocycles. The molecule has 1 N–H and O–H groups in total. The van der Waals surface area contributed by atoms with E-state index in [2.05, 4.69) is 32.3 Å². The van der Waals surface area contributed by atoms with Crippen molar-refractivity contribution in [1.82, 2.24) is 15.2 Å². The number of rotatable bonds is 6. The Morgan fingerprint density at radius 1 is 1.04 bits per heavy atom. The van der Waals surface area contributed by atoms with E-state index in [-0.39, 0.29) is 0 Å². The summed E-state index contributed by atoms with van der Waals surface area (Å²) in [6.07, 6.45) is 4.04. The van der Waals surface area contributed by atoms with E-state index < -0.39 is 0 Å². The molecule has 0 saturated carbocycles. The minimum absolute atomic E-state index is 0.426. The lowest BCUT2D eigenvalue weighted by molar-refractivity contribution is 0.324. The van der Waals surface area contributed by atoms with Crippen molar-refractivity contribution in [1.29, 1.82) is 0 Å². The van der Waals surface area contributed by atoms with E-state index >= 15 is 0 Å². The first kappa shape index (κ1) is 18.0. The van der Waals surface area contributed by atoms with E-state index in [1.54, 1.807) is 39.7 Å². The zero-order valence-corrected chi connectivity index (χ0v) is 15.7. The fourth-order valence-electron chi connectivity index (χ4n) is 3.02. The topological polar surface area (TPSA) is 81.6 Å². The Labute approximate surface area is 153 Å². The molecule has 0 unspecified atom stereocenters. The Bertz CT molecular complexity index is 722. The first-order valence-electron chi connectivity index (χ1n) is 8.66. The maximum atomic E-state index is 5.38. The van der Waals surface area contributed by atoms with Crippen LogP contribution >= 0.6 is 0 Å². The van der Waals surface area contributed by atoms with Crippen LogP contribution in [0, 0.1) is 5.92 Å². The van der Waals surface area contributed by atoms with Gasteiger partial charge in [-0.25, -0.2) is 0 Å². The third kappa shape index (κ3) is 3.89. The highest BCUT2D eigenvalue weighted by atomic mass is 16.5. The fourth-order valence-corrected chi connectivity index (χ4v) is 3.02. The SMILES string of the molecule is COc1cc(Nc2nncc(N3CCC(C)CC3)n2)cc(OC)c1OC.